The van der Waals surface area contributed by atoms with Gasteiger partial charge in [-0.1, -0.05) is 60.7 Å². The molecule has 0 spiro atoms. The minimum atomic E-state index is -1.43. The fraction of sp³-hybridized carbons (Fsp3) is 0.154. The lowest BCUT2D eigenvalue weighted by atomic mass is 10.0. The summed E-state index contributed by atoms with van der Waals surface area (Å²) in [6.07, 6.45) is 1.28. The van der Waals surface area contributed by atoms with Crippen molar-refractivity contribution in [3.05, 3.63) is 165 Å². The van der Waals surface area contributed by atoms with Crippen molar-refractivity contribution < 1.29 is 32.3 Å². The second kappa shape index (κ2) is 14.7. The number of carbonyl (C=O) groups excluding carboxylic acids is 2. The van der Waals surface area contributed by atoms with E-state index in [9.17, 15) is 37.1 Å². The zero-order valence-corrected chi connectivity index (χ0v) is 26.7. The van der Waals surface area contributed by atoms with Gasteiger partial charge < -0.3 is 19.5 Å². The minimum Gasteiger partial charge on any atom is -0.507 e. The number of ketones is 1. The van der Waals surface area contributed by atoms with Crippen LogP contribution in [-0.4, -0.2) is 52.4 Å². The van der Waals surface area contributed by atoms with Crippen LogP contribution in [-0.2, 0) is 22.6 Å². The number of hydrogen-bond acceptors (Lipinski definition) is 5. The van der Waals surface area contributed by atoms with E-state index >= 15 is 0 Å². The third-order valence-corrected chi connectivity index (χ3v) is 8.62. The SMILES string of the molecule is O=C(/C=C(/O)c1cc(Cc2c(F)ccc(F)c2F)cn(Cc2ccccc2F)c1=O)C(=O)N1CCN(c2ccc(-c3ccccc3)cc2)CC1. The molecule has 7 nitrogen and oxygen atoms in total. The van der Waals surface area contributed by atoms with Crippen LogP contribution in [0.3, 0.4) is 0 Å². The number of aromatic nitrogens is 1. The van der Waals surface area contributed by atoms with Gasteiger partial charge in [-0.2, -0.15) is 0 Å². The molecule has 0 unspecified atom stereocenters. The Morgan fingerprint density at radius 1 is 0.740 bits per heavy atom. The highest BCUT2D eigenvalue weighted by Gasteiger charge is 2.26. The summed E-state index contributed by atoms with van der Waals surface area (Å²) in [5.41, 5.74) is 1.30. The van der Waals surface area contributed by atoms with Gasteiger partial charge in [0, 0.05) is 61.7 Å². The van der Waals surface area contributed by atoms with E-state index < -0.39 is 63.8 Å². The average molecular weight is 682 g/mol. The molecule has 0 aliphatic carbocycles. The van der Waals surface area contributed by atoms with Gasteiger partial charge in [0.05, 0.1) is 12.1 Å². The monoisotopic (exact) mass is 681 g/mol. The van der Waals surface area contributed by atoms with Crippen LogP contribution in [0.4, 0.5) is 23.2 Å². The minimum absolute atomic E-state index is 0.0472. The Labute approximate surface area is 285 Å². The number of nitrogens with zero attached hydrogens (tertiary/aromatic N) is 3. The summed E-state index contributed by atoms with van der Waals surface area (Å²) >= 11 is 0. The lowest BCUT2D eigenvalue weighted by Crippen LogP contribution is -2.50. The Bertz CT molecular complexity index is 2140. The molecule has 0 radical (unpaired) electrons. The van der Waals surface area contributed by atoms with Crippen LogP contribution in [0.15, 0.2) is 114 Å². The number of aliphatic hydroxyl groups excluding tert-OH is 1. The number of carbonyl (C=O) groups is 2. The second-order valence-electron chi connectivity index (χ2n) is 11.9. The molecule has 1 aliphatic rings. The molecule has 1 N–H and O–H groups in total. The summed E-state index contributed by atoms with van der Waals surface area (Å²) in [6, 6.07) is 26.1. The third-order valence-electron chi connectivity index (χ3n) is 8.62. The van der Waals surface area contributed by atoms with E-state index in [4.69, 9.17) is 0 Å². The summed E-state index contributed by atoms with van der Waals surface area (Å²) in [7, 11) is 0. The van der Waals surface area contributed by atoms with E-state index in [2.05, 4.69) is 4.90 Å². The Morgan fingerprint density at radius 3 is 2.08 bits per heavy atom. The zero-order chi connectivity index (χ0) is 35.4. The second-order valence-corrected chi connectivity index (χ2v) is 11.9. The first-order valence-electron chi connectivity index (χ1n) is 15.8. The predicted molar refractivity (Wildman–Crippen MR) is 182 cm³/mol. The Kier molecular flexibility index (Phi) is 9.94. The normalized spacial score (nSPS) is 13.4. The molecule has 1 fully saturated rings. The molecule has 4 aromatic carbocycles. The summed E-state index contributed by atoms with van der Waals surface area (Å²) < 4.78 is 58.5. The number of anilines is 1. The van der Waals surface area contributed by atoms with Crippen LogP contribution < -0.4 is 10.5 Å². The molecule has 5 aromatic rings. The van der Waals surface area contributed by atoms with Gasteiger partial charge in [0.15, 0.2) is 11.6 Å². The molecule has 1 saturated heterocycles. The highest BCUT2D eigenvalue weighted by molar-refractivity contribution is 6.41. The third kappa shape index (κ3) is 7.36. The lowest BCUT2D eigenvalue weighted by Gasteiger charge is -2.35. The molecule has 50 heavy (non-hydrogen) atoms. The van der Waals surface area contributed by atoms with Crippen molar-refractivity contribution >= 4 is 23.1 Å². The van der Waals surface area contributed by atoms with E-state index in [0.717, 1.165) is 33.5 Å². The quantitative estimate of drug-likeness (QED) is 0.0630. The first-order chi connectivity index (χ1) is 24.1. The molecular formula is C39H31F4N3O4. The number of halogens is 4. The molecule has 1 amide bonds. The molecular weight excluding hydrogens is 650 g/mol. The van der Waals surface area contributed by atoms with Crippen LogP contribution >= 0.6 is 0 Å². The summed E-state index contributed by atoms with van der Waals surface area (Å²) in [4.78, 5) is 43.1. The smallest absolute Gasteiger partial charge is 0.294 e. The van der Waals surface area contributed by atoms with E-state index in [1.807, 2.05) is 54.6 Å². The summed E-state index contributed by atoms with van der Waals surface area (Å²) in [6.45, 7) is 1.04. The van der Waals surface area contributed by atoms with Gasteiger partial charge in [0.1, 0.15) is 17.4 Å². The van der Waals surface area contributed by atoms with Gasteiger partial charge in [-0.05, 0) is 53.1 Å². The summed E-state index contributed by atoms with van der Waals surface area (Å²) in [5.74, 6) is -7.22. The Morgan fingerprint density at radius 2 is 1.38 bits per heavy atom. The van der Waals surface area contributed by atoms with E-state index in [0.29, 0.717) is 25.2 Å². The van der Waals surface area contributed by atoms with E-state index in [-0.39, 0.29) is 30.8 Å². The van der Waals surface area contributed by atoms with Crippen molar-refractivity contribution in [1.29, 1.82) is 0 Å². The van der Waals surface area contributed by atoms with E-state index in [1.54, 1.807) is 6.07 Å². The first-order valence-corrected chi connectivity index (χ1v) is 15.8. The number of pyridine rings is 1. The van der Waals surface area contributed by atoms with Crippen molar-refractivity contribution in [3.63, 3.8) is 0 Å². The molecule has 0 bridgehead atoms. The Hall–Kier alpha value is -5.97. The van der Waals surface area contributed by atoms with Crippen LogP contribution in [0.5, 0.6) is 0 Å². The number of amides is 1. The molecule has 0 atom stereocenters. The number of rotatable bonds is 9. The maximum Gasteiger partial charge on any atom is 0.294 e. The summed E-state index contributed by atoms with van der Waals surface area (Å²) in [5, 5.41) is 11.0. The van der Waals surface area contributed by atoms with Crippen molar-refractivity contribution in [2.24, 2.45) is 0 Å². The highest BCUT2D eigenvalue weighted by Crippen LogP contribution is 2.25. The topological polar surface area (TPSA) is 82.8 Å². The van der Waals surface area contributed by atoms with Crippen LogP contribution in [0, 0.1) is 23.3 Å². The number of benzene rings is 4. The lowest BCUT2D eigenvalue weighted by molar-refractivity contribution is -0.142. The maximum atomic E-state index is 14.5. The van der Waals surface area contributed by atoms with Crippen molar-refractivity contribution in [2.75, 3.05) is 31.1 Å². The number of hydrogen-bond donors (Lipinski definition) is 1. The fourth-order valence-electron chi connectivity index (χ4n) is 5.92. The van der Waals surface area contributed by atoms with E-state index in [1.165, 1.54) is 29.3 Å². The number of piperazine rings is 1. The van der Waals surface area contributed by atoms with Gasteiger partial charge in [-0.3, -0.25) is 14.4 Å². The van der Waals surface area contributed by atoms with Crippen molar-refractivity contribution in [1.82, 2.24) is 9.47 Å². The highest BCUT2D eigenvalue weighted by atomic mass is 19.2. The molecule has 1 aromatic heterocycles. The molecule has 1 aliphatic heterocycles. The Balaban J connectivity index is 1.20. The molecule has 6 rings (SSSR count). The van der Waals surface area contributed by atoms with Crippen LogP contribution in [0.25, 0.3) is 16.9 Å². The van der Waals surface area contributed by atoms with Crippen molar-refractivity contribution in [3.8, 4) is 11.1 Å². The zero-order valence-electron chi connectivity index (χ0n) is 26.7. The average Bonchev–Trinajstić information content (AvgIpc) is 3.14. The number of aliphatic hydroxyl groups is 1. The van der Waals surface area contributed by atoms with Crippen LogP contribution in [0.2, 0.25) is 0 Å². The van der Waals surface area contributed by atoms with Crippen molar-refractivity contribution in [2.45, 2.75) is 13.0 Å². The molecule has 254 valence electrons. The first kappa shape index (κ1) is 33.9. The molecule has 2 heterocycles. The fourth-order valence-corrected chi connectivity index (χ4v) is 5.92. The van der Waals surface area contributed by atoms with Gasteiger partial charge in [-0.15, -0.1) is 0 Å². The van der Waals surface area contributed by atoms with Gasteiger partial charge in [0.25, 0.3) is 11.5 Å². The standard InChI is InChI=1S/C39H31F4N3O4/c40-32-9-5-4-8-28(32)24-46-23-25(20-30-33(41)14-15-34(42)37(30)43)21-31(38(46)49)35(47)22-36(48)39(50)45-18-16-44(17-19-45)29-12-10-27(11-13-29)26-6-2-1-3-7-26/h1-15,21-23,47H,16-20,24H2/b35-22+. The largest absolute Gasteiger partial charge is 0.507 e. The molecule has 11 heteroatoms. The van der Waals surface area contributed by atoms with Gasteiger partial charge in [-0.25, -0.2) is 17.6 Å². The maximum absolute atomic E-state index is 14.5. The van der Waals surface area contributed by atoms with Gasteiger partial charge in [0.2, 0.25) is 5.78 Å². The molecule has 0 saturated carbocycles. The predicted octanol–water partition coefficient (Wildman–Crippen LogP) is 6.53. The van der Waals surface area contributed by atoms with Crippen LogP contribution in [0.1, 0.15) is 22.3 Å². The van der Waals surface area contributed by atoms with Gasteiger partial charge >= 0.3 is 0 Å².